The Balaban J connectivity index is 1.73. The largest absolute Gasteiger partial charge is 0.397 e. The van der Waals surface area contributed by atoms with Crippen LogP contribution < -0.4 is 16.8 Å². The van der Waals surface area contributed by atoms with E-state index in [2.05, 4.69) is 5.32 Å². The highest BCUT2D eigenvalue weighted by atomic mass is 35.5. The summed E-state index contributed by atoms with van der Waals surface area (Å²) in [5, 5.41) is 14.7. The fraction of sp³-hybridized carbons (Fsp3) is 0.391. The molecule has 0 aliphatic heterocycles. The van der Waals surface area contributed by atoms with Gasteiger partial charge in [0, 0.05) is 29.6 Å². The number of aliphatic hydroxyl groups excluding tert-OH is 1. The smallest absolute Gasteiger partial charge is 0.248 e. The van der Waals surface area contributed by atoms with Gasteiger partial charge in [-0.3, -0.25) is 4.79 Å². The molecule has 1 saturated carbocycles. The molecule has 1 amide bonds. The van der Waals surface area contributed by atoms with Crippen LogP contribution in [0.1, 0.15) is 48.0 Å². The van der Waals surface area contributed by atoms with Gasteiger partial charge in [0.25, 0.3) is 0 Å². The summed E-state index contributed by atoms with van der Waals surface area (Å²) in [5.41, 5.74) is 14.8. The van der Waals surface area contributed by atoms with Crippen LogP contribution in [0.2, 0.25) is 5.02 Å². The molecule has 0 bridgehead atoms. The van der Waals surface area contributed by atoms with Crippen molar-refractivity contribution in [3.05, 3.63) is 52.5 Å². The maximum absolute atomic E-state index is 11.7. The molecule has 2 aromatic carbocycles. The van der Waals surface area contributed by atoms with Crippen LogP contribution in [0.5, 0.6) is 0 Å². The van der Waals surface area contributed by atoms with Crippen LogP contribution in [-0.4, -0.2) is 26.7 Å². The van der Waals surface area contributed by atoms with Crippen molar-refractivity contribution in [3.8, 4) is 0 Å². The Morgan fingerprint density at radius 1 is 1.23 bits per heavy atom. The minimum Gasteiger partial charge on any atom is -0.397 e. The van der Waals surface area contributed by atoms with E-state index in [-0.39, 0.29) is 12.0 Å². The van der Waals surface area contributed by atoms with E-state index >= 15 is 0 Å². The number of amides is 1. The van der Waals surface area contributed by atoms with Crippen molar-refractivity contribution < 1.29 is 9.90 Å². The normalized spacial score (nSPS) is 19.3. The summed E-state index contributed by atoms with van der Waals surface area (Å²) in [6, 6.07) is 10.9. The Morgan fingerprint density at radius 2 is 2.00 bits per heavy atom. The molecule has 7 nitrogen and oxygen atoms in total. The lowest BCUT2D eigenvalue weighted by Crippen LogP contribution is -2.25. The van der Waals surface area contributed by atoms with Crippen LogP contribution in [0, 0.1) is 5.92 Å². The Morgan fingerprint density at radius 3 is 2.77 bits per heavy atom. The molecule has 0 unspecified atom stereocenters. The van der Waals surface area contributed by atoms with Gasteiger partial charge in [0.1, 0.15) is 0 Å². The molecule has 1 heterocycles. The molecule has 4 rings (SSSR count). The lowest BCUT2D eigenvalue weighted by Gasteiger charge is -2.23. The number of primary amides is 1. The third kappa shape index (κ3) is 4.62. The first-order chi connectivity index (χ1) is 14.9. The second-order valence-electron chi connectivity index (χ2n) is 8.25. The number of carbonyl (C=O) groups is 1. The Labute approximate surface area is 186 Å². The number of nitrogens with zero attached hydrogens (tertiary/aromatic N) is 2. The van der Waals surface area contributed by atoms with E-state index in [0.717, 1.165) is 43.2 Å². The summed E-state index contributed by atoms with van der Waals surface area (Å²) in [6.45, 7) is 1.07. The summed E-state index contributed by atoms with van der Waals surface area (Å²) in [4.78, 5) is 16.4. The van der Waals surface area contributed by atoms with Crippen molar-refractivity contribution in [2.75, 3.05) is 11.1 Å². The number of aromatic nitrogens is 2. The second kappa shape index (κ2) is 9.16. The SMILES string of the molecule is NC(=O)c1cc(N)c2c(c1)nc(NCc1ccccc1Cl)n2C[C@H]1CCCCC[C@H]1O. The zero-order chi connectivity index (χ0) is 22.0. The van der Waals surface area contributed by atoms with Crippen molar-refractivity contribution in [2.45, 2.75) is 51.3 Å². The van der Waals surface area contributed by atoms with Crippen LogP contribution in [0.4, 0.5) is 11.6 Å². The van der Waals surface area contributed by atoms with E-state index in [1.54, 1.807) is 12.1 Å². The number of nitrogen functional groups attached to an aromatic ring is 1. The van der Waals surface area contributed by atoms with Crippen molar-refractivity contribution >= 4 is 40.2 Å². The molecule has 31 heavy (non-hydrogen) atoms. The number of anilines is 2. The number of carbonyl (C=O) groups excluding carboxylic acids is 1. The second-order valence-corrected chi connectivity index (χ2v) is 8.66. The first-order valence-electron chi connectivity index (χ1n) is 10.7. The van der Waals surface area contributed by atoms with Gasteiger partial charge in [-0.15, -0.1) is 0 Å². The van der Waals surface area contributed by atoms with Gasteiger partial charge in [0.05, 0.1) is 22.8 Å². The first-order valence-corrected chi connectivity index (χ1v) is 11.1. The monoisotopic (exact) mass is 441 g/mol. The average Bonchev–Trinajstić information content (AvgIpc) is 2.96. The molecule has 0 radical (unpaired) electrons. The predicted molar refractivity (Wildman–Crippen MR) is 124 cm³/mol. The Kier molecular flexibility index (Phi) is 6.34. The molecule has 1 aromatic heterocycles. The molecule has 6 N–H and O–H groups in total. The maximum Gasteiger partial charge on any atom is 0.248 e. The van der Waals surface area contributed by atoms with Gasteiger partial charge in [0.2, 0.25) is 11.9 Å². The number of halogens is 1. The highest BCUT2D eigenvalue weighted by molar-refractivity contribution is 6.31. The van der Waals surface area contributed by atoms with Gasteiger partial charge < -0.3 is 26.5 Å². The molecular formula is C23H28ClN5O2. The number of aliphatic hydroxyl groups is 1. The molecule has 0 saturated heterocycles. The number of rotatable bonds is 6. The summed E-state index contributed by atoms with van der Waals surface area (Å²) in [6.07, 6.45) is 4.68. The number of fused-ring (bicyclic) bond motifs is 1. The molecule has 1 aliphatic carbocycles. The minimum absolute atomic E-state index is 0.107. The van der Waals surface area contributed by atoms with E-state index in [1.165, 1.54) is 0 Å². The highest BCUT2D eigenvalue weighted by Crippen LogP contribution is 2.32. The van der Waals surface area contributed by atoms with E-state index < -0.39 is 5.91 Å². The van der Waals surface area contributed by atoms with Crippen LogP contribution in [0.15, 0.2) is 36.4 Å². The fourth-order valence-corrected chi connectivity index (χ4v) is 4.59. The van der Waals surface area contributed by atoms with Gasteiger partial charge in [0.15, 0.2) is 0 Å². The lowest BCUT2D eigenvalue weighted by molar-refractivity contribution is 0.0918. The number of hydrogen-bond donors (Lipinski definition) is 4. The van der Waals surface area contributed by atoms with E-state index in [0.29, 0.717) is 40.8 Å². The lowest BCUT2D eigenvalue weighted by atomic mass is 9.97. The van der Waals surface area contributed by atoms with E-state index in [9.17, 15) is 9.90 Å². The molecule has 8 heteroatoms. The fourth-order valence-electron chi connectivity index (χ4n) is 4.38. The quantitative estimate of drug-likeness (QED) is 0.341. The topological polar surface area (TPSA) is 119 Å². The Hall–Kier alpha value is -2.77. The molecule has 1 aliphatic rings. The average molecular weight is 442 g/mol. The van der Waals surface area contributed by atoms with Gasteiger partial charge in [-0.25, -0.2) is 4.98 Å². The van der Waals surface area contributed by atoms with Crippen LogP contribution in [0.25, 0.3) is 11.0 Å². The summed E-state index contributed by atoms with van der Waals surface area (Å²) < 4.78 is 2.02. The van der Waals surface area contributed by atoms with Gasteiger partial charge >= 0.3 is 0 Å². The number of nitrogens with two attached hydrogens (primary N) is 2. The zero-order valence-electron chi connectivity index (χ0n) is 17.4. The molecule has 1 fully saturated rings. The van der Waals surface area contributed by atoms with Gasteiger partial charge in [-0.05, 0) is 36.6 Å². The molecule has 2 atom stereocenters. The zero-order valence-corrected chi connectivity index (χ0v) is 18.1. The van der Waals surface area contributed by atoms with Crippen LogP contribution >= 0.6 is 11.6 Å². The minimum atomic E-state index is -0.548. The third-order valence-corrected chi connectivity index (χ3v) is 6.46. The van der Waals surface area contributed by atoms with Crippen LogP contribution in [-0.2, 0) is 13.1 Å². The van der Waals surface area contributed by atoms with Gasteiger partial charge in [-0.1, -0.05) is 49.1 Å². The van der Waals surface area contributed by atoms with Crippen molar-refractivity contribution in [2.24, 2.45) is 11.7 Å². The molecule has 0 spiro atoms. The van der Waals surface area contributed by atoms with Crippen molar-refractivity contribution in [1.82, 2.24) is 9.55 Å². The first kappa shape index (κ1) is 21.5. The number of imidazole rings is 1. The van der Waals surface area contributed by atoms with Gasteiger partial charge in [-0.2, -0.15) is 0 Å². The Bertz CT molecular complexity index is 1100. The number of hydrogen-bond acceptors (Lipinski definition) is 5. The highest BCUT2D eigenvalue weighted by Gasteiger charge is 2.25. The standard InChI is InChI=1S/C23H28ClN5O2/c24-17-8-5-4-6-14(17)12-27-23-28-19-11-16(22(26)31)10-18(25)21(19)29(23)13-15-7-2-1-3-9-20(15)30/h4-6,8,10-11,15,20,30H,1-3,7,9,12-13,25H2,(H2,26,31)(H,27,28)/t15-,20-/m1/s1. The summed E-state index contributed by atoms with van der Waals surface area (Å²) in [5.74, 6) is 0.184. The van der Waals surface area contributed by atoms with Crippen molar-refractivity contribution in [1.29, 1.82) is 0 Å². The molecule has 3 aromatic rings. The third-order valence-electron chi connectivity index (χ3n) is 6.09. The van der Waals surface area contributed by atoms with E-state index in [1.807, 2.05) is 28.8 Å². The number of benzene rings is 2. The molecular weight excluding hydrogens is 414 g/mol. The van der Waals surface area contributed by atoms with Crippen LogP contribution in [0.3, 0.4) is 0 Å². The maximum atomic E-state index is 11.7. The summed E-state index contributed by atoms with van der Waals surface area (Å²) >= 11 is 6.31. The molecule has 164 valence electrons. The van der Waals surface area contributed by atoms with E-state index in [4.69, 9.17) is 28.1 Å². The summed E-state index contributed by atoms with van der Waals surface area (Å²) in [7, 11) is 0. The number of nitrogens with one attached hydrogen (secondary N) is 1. The van der Waals surface area contributed by atoms with Crippen molar-refractivity contribution in [3.63, 3.8) is 0 Å². The predicted octanol–water partition coefficient (Wildman–Crippen LogP) is 3.92.